The van der Waals surface area contributed by atoms with Gasteiger partial charge in [0.05, 0.1) is 0 Å². The Morgan fingerprint density at radius 2 is 1.45 bits per heavy atom. The summed E-state index contributed by atoms with van der Waals surface area (Å²) in [6, 6.07) is 0. The number of rotatable bonds is 2. The molecule has 0 aliphatic carbocycles. The van der Waals surface area contributed by atoms with Gasteiger partial charge in [0.1, 0.15) is 0 Å². The molecule has 0 saturated heterocycles. The predicted molar refractivity (Wildman–Crippen MR) is 99.6 cm³/mol. The first-order valence-electron chi connectivity index (χ1n) is 8.92. The van der Waals surface area contributed by atoms with E-state index in [0.717, 1.165) is 6.54 Å². The second-order valence-corrected chi connectivity index (χ2v) is 3.26. The molecule has 0 atom stereocenters. The average Bonchev–Trinajstić information content (AvgIpc) is 2.80. The van der Waals surface area contributed by atoms with Gasteiger partial charge in [0.2, 0.25) is 0 Å². The van der Waals surface area contributed by atoms with E-state index >= 15 is 0 Å². The highest BCUT2D eigenvalue weighted by molar-refractivity contribution is 5.27. The molecule has 0 unspecified atom stereocenters. The lowest BCUT2D eigenvalue weighted by atomic mass is 10.0. The largest absolute Gasteiger partial charge is 0.313 e. The summed E-state index contributed by atoms with van der Waals surface area (Å²) >= 11 is 0. The van der Waals surface area contributed by atoms with E-state index < -0.39 is 0 Å². The van der Waals surface area contributed by atoms with Crippen molar-refractivity contribution in [1.29, 1.82) is 0 Å². The van der Waals surface area contributed by atoms with Gasteiger partial charge in [-0.1, -0.05) is 80.0 Å². The number of hydrogen-bond acceptors (Lipinski definition) is 1. The molecule has 0 saturated carbocycles. The van der Waals surface area contributed by atoms with Crippen molar-refractivity contribution >= 4 is 0 Å². The molecule has 0 aromatic heterocycles. The van der Waals surface area contributed by atoms with Crippen molar-refractivity contribution < 1.29 is 0 Å². The molecule has 20 heavy (non-hydrogen) atoms. The summed E-state index contributed by atoms with van der Waals surface area (Å²) in [4.78, 5) is 0. The van der Waals surface area contributed by atoms with Crippen molar-refractivity contribution in [2.45, 2.75) is 88.5 Å². The smallest absolute Gasteiger partial charge is 0.0204 e. The molecule has 0 radical (unpaired) electrons. The lowest BCUT2D eigenvalue weighted by Crippen LogP contribution is -2.15. The van der Waals surface area contributed by atoms with E-state index in [1.807, 2.05) is 55.4 Å². The SMILES string of the molecule is C/C=C\C1=C(CC)CCCNC1.CC.CC.CC.CC. The molecule has 1 heterocycles. The van der Waals surface area contributed by atoms with Crippen LogP contribution in [0.25, 0.3) is 0 Å². The molecular weight excluding hydrogens is 242 g/mol. The zero-order valence-electron chi connectivity index (χ0n) is 16.2. The number of hydrogen-bond donors (Lipinski definition) is 1. The number of allylic oxidation sites excluding steroid dienone is 2. The highest BCUT2D eigenvalue weighted by atomic mass is 14.8. The minimum absolute atomic E-state index is 1.06. The standard InChI is InChI=1S/C11H19N.4C2H6/c1-3-6-11-9-12-8-5-7-10(11)4-2;4*1-2/h3,6,12H,4-5,7-9H2,1-2H3;4*1-2H3/b6-3-;;;;. The molecule has 0 spiro atoms. The molecule has 0 aromatic carbocycles. The minimum atomic E-state index is 1.06. The van der Waals surface area contributed by atoms with Gasteiger partial charge in [-0.15, -0.1) is 0 Å². The van der Waals surface area contributed by atoms with Gasteiger partial charge in [-0.2, -0.15) is 0 Å². The van der Waals surface area contributed by atoms with Gasteiger partial charge in [-0.3, -0.25) is 0 Å². The summed E-state index contributed by atoms with van der Waals surface area (Å²) in [7, 11) is 0. The first-order valence-corrected chi connectivity index (χ1v) is 8.92. The fourth-order valence-electron chi connectivity index (χ4n) is 1.72. The van der Waals surface area contributed by atoms with E-state index in [4.69, 9.17) is 0 Å². The molecule has 0 bridgehead atoms. The van der Waals surface area contributed by atoms with Crippen molar-refractivity contribution in [1.82, 2.24) is 5.32 Å². The maximum Gasteiger partial charge on any atom is 0.0204 e. The Morgan fingerprint density at radius 3 is 1.85 bits per heavy atom. The summed E-state index contributed by atoms with van der Waals surface area (Å²) in [6.45, 7) is 22.6. The van der Waals surface area contributed by atoms with Crippen molar-refractivity contribution in [3.05, 3.63) is 23.3 Å². The number of nitrogens with one attached hydrogen (secondary N) is 1. The van der Waals surface area contributed by atoms with E-state index in [1.54, 1.807) is 5.57 Å². The summed E-state index contributed by atoms with van der Waals surface area (Å²) in [6.07, 6.45) is 8.17. The van der Waals surface area contributed by atoms with Crippen LogP contribution in [-0.4, -0.2) is 13.1 Å². The van der Waals surface area contributed by atoms with Crippen molar-refractivity contribution in [3.8, 4) is 0 Å². The third-order valence-electron chi connectivity index (χ3n) is 2.40. The van der Waals surface area contributed by atoms with Gasteiger partial charge < -0.3 is 5.32 Å². The lowest BCUT2D eigenvalue weighted by Gasteiger charge is -2.05. The Hall–Kier alpha value is -0.560. The van der Waals surface area contributed by atoms with E-state index in [0.29, 0.717) is 0 Å². The highest BCUT2D eigenvalue weighted by Gasteiger charge is 2.05. The minimum Gasteiger partial charge on any atom is -0.313 e. The van der Waals surface area contributed by atoms with Crippen molar-refractivity contribution in [2.75, 3.05) is 13.1 Å². The quantitative estimate of drug-likeness (QED) is 0.591. The molecule has 1 aliphatic rings. The van der Waals surface area contributed by atoms with Gasteiger partial charge in [0, 0.05) is 6.54 Å². The zero-order valence-corrected chi connectivity index (χ0v) is 16.2. The fraction of sp³-hybridized carbons (Fsp3) is 0.789. The van der Waals surface area contributed by atoms with E-state index in [9.17, 15) is 0 Å². The molecule has 1 nitrogen and oxygen atoms in total. The van der Waals surface area contributed by atoms with Crippen molar-refractivity contribution in [3.63, 3.8) is 0 Å². The van der Waals surface area contributed by atoms with E-state index in [1.165, 1.54) is 31.4 Å². The second-order valence-electron chi connectivity index (χ2n) is 3.26. The van der Waals surface area contributed by atoms with Gasteiger partial charge in [0.15, 0.2) is 0 Å². The van der Waals surface area contributed by atoms with Crippen LogP contribution in [0, 0.1) is 0 Å². The van der Waals surface area contributed by atoms with Gasteiger partial charge >= 0.3 is 0 Å². The van der Waals surface area contributed by atoms with Crippen molar-refractivity contribution in [2.24, 2.45) is 0 Å². The normalized spacial score (nSPS) is 13.3. The topological polar surface area (TPSA) is 12.0 Å². The van der Waals surface area contributed by atoms with Crippen LogP contribution in [0.1, 0.15) is 88.5 Å². The van der Waals surface area contributed by atoms with Gasteiger partial charge in [-0.25, -0.2) is 0 Å². The van der Waals surface area contributed by atoms with Crippen LogP contribution in [0.15, 0.2) is 23.3 Å². The van der Waals surface area contributed by atoms with Gasteiger partial charge in [-0.05, 0) is 38.3 Å². The molecule has 124 valence electrons. The molecule has 1 N–H and O–H groups in total. The lowest BCUT2D eigenvalue weighted by molar-refractivity contribution is 0.709. The maximum absolute atomic E-state index is 3.44. The maximum atomic E-state index is 3.44. The predicted octanol–water partition coefficient (Wildman–Crippen LogP) is 6.76. The first kappa shape index (κ1) is 27.7. The summed E-state index contributed by atoms with van der Waals surface area (Å²) in [5.41, 5.74) is 3.15. The third-order valence-corrected chi connectivity index (χ3v) is 2.40. The summed E-state index contributed by atoms with van der Waals surface area (Å²) < 4.78 is 0. The van der Waals surface area contributed by atoms with Crippen LogP contribution in [0.5, 0.6) is 0 Å². The van der Waals surface area contributed by atoms with E-state index in [2.05, 4.69) is 31.3 Å². The molecule has 1 aliphatic heterocycles. The first-order chi connectivity index (χ1) is 9.88. The summed E-state index contributed by atoms with van der Waals surface area (Å²) in [5.74, 6) is 0. The Balaban J connectivity index is -0.000000138. The van der Waals surface area contributed by atoms with Gasteiger partial charge in [0.25, 0.3) is 0 Å². The van der Waals surface area contributed by atoms with Crippen LogP contribution in [-0.2, 0) is 0 Å². The van der Waals surface area contributed by atoms with Crippen LogP contribution in [0.3, 0.4) is 0 Å². The Bertz CT molecular complexity index is 190. The fourth-order valence-corrected chi connectivity index (χ4v) is 1.72. The van der Waals surface area contributed by atoms with Crippen LogP contribution in [0.2, 0.25) is 0 Å². The molecule has 0 fully saturated rings. The summed E-state index contributed by atoms with van der Waals surface area (Å²) in [5, 5.41) is 3.44. The molecule has 0 aromatic rings. The Kier molecular flexibility index (Phi) is 43.0. The third kappa shape index (κ3) is 17.4. The Morgan fingerprint density at radius 1 is 0.950 bits per heavy atom. The average molecular weight is 286 g/mol. The molecule has 1 rings (SSSR count). The zero-order chi connectivity index (χ0) is 16.8. The molecule has 0 amide bonds. The van der Waals surface area contributed by atoms with E-state index in [-0.39, 0.29) is 0 Å². The Labute approximate surface area is 130 Å². The highest BCUT2D eigenvalue weighted by Crippen LogP contribution is 2.17. The van der Waals surface area contributed by atoms with Crippen LogP contribution < -0.4 is 5.32 Å². The molecule has 1 heteroatoms. The van der Waals surface area contributed by atoms with Crippen LogP contribution in [0.4, 0.5) is 0 Å². The monoisotopic (exact) mass is 285 g/mol. The second kappa shape index (κ2) is 31.0. The van der Waals surface area contributed by atoms with Crippen LogP contribution >= 0.6 is 0 Å². The molecular formula is C19H43N.